The molecule has 1 amide bonds. The second-order valence-electron chi connectivity index (χ2n) is 6.41. The number of benzene rings is 1. The molecule has 1 aliphatic carbocycles. The lowest BCUT2D eigenvalue weighted by Gasteiger charge is -2.18. The van der Waals surface area contributed by atoms with E-state index in [0.717, 1.165) is 24.5 Å². The van der Waals surface area contributed by atoms with Crippen LogP contribution >= 0.6 is 11.8 Å². The van der Waals surface area contributed by atoms with Gasteiger partial charge in [0.1, 0.15) is 10.7 Å². The van der Waals surface area contributed by atoms with Crippen LogP contribution in [0.5, 0.6) is 0 Å². The van der Waals surface area contributed by atoms with E-state index in [1.165, 1.54) is 30.2 Å². The van der Waals surface area contributed by atoms with Gasteiger partial charge in [0, 0.05) is 26.2 Å². The Morgan fingerprint density at radius 2 is 2.04 bits per heavy atom. The number of nitrogens with one attached hydrogen (secondary N) is 1. The predicted octanol–water partition coefficient (Wildman–Crippen LogP) is 3.02. The Bertz CT molecular complexity index is 719. The van der Waals surface area contributed by atoms with E-state index < -0.39 is 0 Å². The molecule has 1 saturated carbocycles. The fourth-order valence-electron chi connectivity index (χ4n) is 2.50. The van der Waals surface area contributed by atoms with Gasteiger partial charge in [-0.1, -0.05) is 30.3 Å². The average Bonchev–Trinajstić information content (AvgIpc) is 3.49. The van der Waals surface area contributed by atoms with Crippen molar-refractivity contribution in [1.82, 2.24) is 15.3 Å². The molecule has 0 aliphatic heterocycles. The lowest BCUT2D eigenvalue weighted by atomic mass is 10.1. The van der Waals surface area contributed by atoms with Gasteiger partial charge in [-0.05, 0) is 37.0 Å². The largest absolute Gasteiger partial charge is 0.350 e. The summed E-state index contributed by atoms with van der Waals surface area (Å²) < 4.78 is 0. The van der Waals surface area contributed by atoms with Gasteiger partial charge in [0.15, 0.2) is 0 Å². The molecule has 0 saturated heterocycles. The molecule has 1 aliphatic rings. The van der Waals surface area contributed by atoms with E-state index in [9.17, 15) is 4.79 Å². The first kappa shape index (κ1) is 17.7. The van der Waals surface area contributed by atoms with Gasteiger partial charge < -0.3 is 10.2 Å². The highest BCUT2D eigenvalue weighted by molar-refractivity contribution is 7.98. The zero-order valence-electron chi connectivity index (χ0n) is 14.7. The molecule has 132 valence electrons. The molecule has 1 aromatic carbocycles. The van der Waals surface area contributed by atoms with E-state index in [2.05, 4.69) is 27.4 Å². The van der Waals surface area contributed by atoms with E-state index in [1.807, 2.05) is 36.4 Å². The summed E-state index contributed by atoms with van der Waals surface area (Å²) in [6, 6.07) is 12.1. The Labute approximate surface area is 153 Å². The molecule has 1 N–H and O–H groups in total. The summed E-state index contributed by atoms with van der Waals surface area (Å²) in [6.07, 6.45) is 5.30. The highest BCUT2D eigenvalue weighted by Crippen LogP contribution is 2.27. The summed E-state index contributed by atoms with van der Waals surface area (Å²) in [5, 5.41) is 3.79. The maximum atomic E-state index is 12.4. The third-order valence-corrected chi connectivity index (χ3v) is 4.93. The lowest BCUT2D eigenvalue weighted by molar-refractivity contribution is 0.0946. The number of carbonyl (C=O) groups excluding carboxylic acids is 1. The number of thioether (sulfide) groups is 1. The van der Waals surface area contributed by atoms with Crippen molar-refractivity contribution in [2.45, 2.75) is 24.3 Å². The molecule has 2 aromatic rings. The third kappa shape index (κ3) is 5.19. The fourth-order valence-corrected chi connectivity index (χ4v) is 2.90. The molecule has 1 aromatic heterocycles. The van der Waals surface area contributed by atoms with Gasteiger partial charge >= 0.3 is 0 Å². The molecular formula is C19H24N4OS. The minimum absolute atomic E-state index is 0.109. The van der Waals surface area contributed by atoms with E-state index in [4.69, 9.17) is 0 Å². The standard InChI is InChI=1S/C19H24N4OS/c1-23(11-10-14-6-4-3-5-7-14)19-21-16(12-17(22-19)25-2)18(24)20-13-15-8-9-15/h3-7,12,15H,8-11,13H2,1-2H3,(H,20,24). The zero-order valence-corrected chi connectivity index (χ0v) is 15.6. The molecule has 0 unspecified atom stereocenters. The molecule has 3 rings (SSSR count). The van der Waals surface area contributed by atoms with Gasteiger partial charge in [-0.3, -0.25) is 4.79 Å². The summed E-state index contributed by atoms with van der Waals surface area (Å²) in [7, 11) is 1.97. The number of anilines is 1. The van der Waals surface area contributed by atoms with Crippen molar-refractivity contribution in [3.8, 4) is 0 Å². The Hall–Kier alpha value is -2.08. The average molecular weight is 356 g/mol. The lowest BCUT2D eigenvalue weighted by Crippen LogP contribution is -2.28. The summed E-state index contributed by atoms with van der Waals surface area (Å²) >= 11 is 1.53. The van der Waals surface area contributed by atoms with Crippen LogP contribution in [0.3, 0.4) is 0 Å². The van der Waals surface area contributed by atoms with Crippen LogP contribution < -0.4 is 10.2 Å². The summed E-state index contributed by atoms with van der Waals surface area (Å²) in [6.45, 7) is 1.54. The van der Waals surface area contributed by atoms with Crippen LogP contribution in [0.2, 0.25) is 0 Å². The molecule has 1 fully saturated rings. The number of nitrogens with zero attached hydrogens (tertiary/aromatic N) is 3. The minimum atomic E-state index is -0.109. The molecule has 0 atom stereocenters. The second-order valence-corrected chi connectivity index (χ2v) is 7.23. The van der Waals surface area contributed by atoms with Gasteiger partial charge in [-0.2, -0.15) is 0 Å². The third-order valence-electron chi connectivity index (χ3n) is 4.30. The number of carbonyl (C=O) groups is 1. The molecule has 0 radical (unpaired) electrons. The van der Waals surface area contributed by atoms with Gasteiger partial charge in [-0.25, -0.2) is 9.97 Å². The van der Waals surface area contributed by atoms with Crippen LogP contribution in [0.1, 0.15) is 28.9 Å². The Morgan fingerprint density at radius 3 is 2.72 bits per heavy atom. The Kier molecular flexibility index (Phi) is 5.91. The first-order valence-corrected chi connectivity index (χ1v) is 9.84. The molecule has 0 spiro atoms. The van der Waals surface area contributed by atoms with Crippen molar-refractivity contribution in [2.75, 3.05) is 31.3 Å². The summed E-state index contributed by atoms with van der Waals surface area (Å²) in [4.78, 5) is 23.4. The van der Waals surface area contributed by atoms with Crippen molar-refractivity contribution in [2.24, 2.45) is 5.92 Å². The van der Waals surface area contributed by atoms with Crippen molar-refractivity contribution in [3.63, 3.8) is 0 Å². The maximum absolute atomic E-state index is 12.4. The quantitative estimate of drug-likeness (QED) is 0.582. The predicted molar refractivity (Wildman–Crippen MR) is 102 cm³/mol. The van der Waals surface area contributed by atoms with Crippen LogP contribution in [-0.2, 0) is 6.42 Å². The number of aromatic nitrogens is 2. The van der Waals surface area contributed by atoms with Gasteiger partial charge in [0.25, 0.3) is 5.91 Å². The van der Waals surface area contributed by atoms with E-state index in [1.54, 1.807) is 6.07 Å². The zero-order chi connectivity index (χ0) is 17.6. The molecule has 6 heteroatoms. The maximum Gasteiger partial charge on any atom is 0.270 e. The highest BCUT2D eigenvalue weighted by atomic mass is 32.2. The smallest absolute Gasteiger partial charge is 0.270 e. The van der Waals surface area contributed by atoms with Crippen LogP contribution in [0.4, 0.5) is 5.95 Å². The van der Waals surface area contributed by atoms with E-state index in [-0.39, 0.29) is 5.91 Å². The molecular weight excluding hydrogens is 332 g/mol. The number of hydrogen-bond acceptors (Lipinski definition) is 5. The van der Waals surface area contributed by atoms with Gasteiger partial charge in [0.05, 0.1) is 0 Å². The van der Waals surface area contributed by atoms with E-state index in [0.29, 0.717) is 17.6 Å². The van der Waals surface area contributed by atoms with E-state index >= 15 is 0 Å². The monoisotopic (exact) mass is 356 g/mol. The van der Waals surface area contributed by atoms with Crippen LogP contribution in [-0.4, -0.2) is 42.3 Å². The van der Waals surface area contributed by atoms with Crippen LogP contribution in [0.25, 0.3) is 0 Å². The number of amides is 1. The topological polar surface area (TPSA) is 58.1 Å². The highest BCUT2D eigenvalue weighted by Gasteiger charge is 2.22. The van der Waals surface area contributed by atoms with Gasteiger partial charge in [-0.15, -0.1) is 11.8 Å². The summed E-state index contributed by atoms with van der Waals surface area (Å²) in [5.41, 5.74) is 1.72. The molecule has 0 bridgehead atoms. The minimum Gasteiger partial charge on any atom is -0.350 e. The number of likely N-dealkylation sites (N-methyl/N-ethyl adjacent to an activating group) is 1. The normalized spacial score (nSPS) is 13.5. The first-order valence-electron chi connectivity index (χ1n) is 8.62. The van der Waals surface area contributed by atoms with Crippen molar-refractivity contribution in [1.29, 1.82) is 0 Å². The van der Waals surface area contributed by atoms with Gasteiger partial charge in [0.2, 0.25) is 5.95 Å². The first-order chi connectivity index (χ1) is 12.2. The Morgan fingerprint density at radius 1 is 1.28 bits per heavy atom. The fraction of sp³-hybridized carbons (Fsp3) is 0.421. The van der Waals surface area contributed by atoms with Crippen molar-refractivity contribution >= 4 is 23.6 Å². The number of rotatable bonds is 8. The Balaban J connectivity index is 1.68. The molecule has 25 heavy (non-hydrogen) atoms. The number of hydrogen-bond donors (Lipinski definition) is 1. The second kappa shape index (κ2) is 8.34. The van der Waals surface area contributed by atoms with Crippen LogP contribution in [0, 0.1) is 5.92 Å². The molecule has 5 nitrogen and oxygen atoms in total. The summed E-state index contributed by atoms with van der Waals surface area (Å²) in [5.74, 6) is 1.14. The van der Waals surface area contributed by atoms with Crippen molar-refractivity contribution < 1.29 is 4.79 Å². The molecule has 1 heterocycles. The van der Waals surface area contributed by atoms with Crippen LogP contribution in [0.15, 0.2) is 41.4 Å². The SMILES string of the molecule is CSc1cc(C(=O)NCC2CC2)nc(N(C)CCc2ccccc2)n1. The van der Waals surface area contributed by atoms with Crippen molar-refractivity contribution in [3.05, 3.63) is 47.7 Å².